The number of amides is 1. The lowest BCUT2D eigenvalue weighted by atomic mass is 10.1. The predicted octanol–water partition coefficient (Wildman–Crippen LogP) is 5.60. The van der Waals surface area contributed by atoms with E-state index < -0.39 is 0 Å². The van der Waals surface area contributed by atoms with Crippen molar-refractivity contribution in [2.24, 2.45) is 0 Å². The Morgan fingerprint density at radius 3 is 2.53 bits per heavy atom. The molecular weight excluding hydrogens is 398 g/mol. The third kappa shape index (κ3) is 4.02. The molecule has 30 heavy (non-hydrogen) atoms. The Balaban J connectivity index is 1.52. The van der Waals surface area contributed by atoms with Crippen molar-refractivity contribution in [2.75, 3.05) is 11.9 Å². The number of para-hydroxylation sites is 1. The van der Waals surface area contributed by atoms with Crippen molar-refractivity contribution in [3.8, 4) is 17.0 Å². The van der Waals surface area contributed by atoms with E-state index in [-0.39, 0.29) is 12.5 Å². The quantitative estimate of drug-likeness (QED) is 0.458. The summed E-state index contributed by atoms with van der Waals surface area (Å²) in [4.78, 5) is 17.3. The van der Waals surface area contributed by atoms with Crippen LogP contribution in [0.25, 0.3) is 16.9 Å². The molecule has 152 valence electrons. The number of nitrogens with zero attached hydrogens (tertiary/aromatic N) is 2. The zero-order chi connectivity index (χ0) is 21.3. The molecule has 4 rings (SSSR count). The number of hydrogen-bond acceptors (Lipinski definition) is 3. The van der Waals surface area contributed by atoms with E-state index >= 15 is 0 Å². The van der Waals surface area contributed by atoms with E-state index in [1.54, 1.807) is 0 Å². The van der Waals surface area contributed by atoms with Crippen LogP contribution >= 0.6 is 11.6 Å². The van der Waals surface area contributed by atoms with Gasteiger partial charge >= 0.3 is 0 Å². The van der Waals surface area contributed by atoms with Gasteiger partial charge in [0.1, 0.15) is 11.4 Å². The van der Waals surface area contributed by atoms with Crippen molar-refractivity contribution in [3.05, 3.63) is 82.6 Å². The molecule has 1 N–H and O–H groups in total. The van der Waals surface area contributed by atoms with Gasteiger partial charge in [-0.2, -0.15) is 0 Å². The van der Waals surface area contributed by atoms with Crippen LogP contribution in [0.3, 0.4) is 0 Å². The summed E-state index contributed by atoms with van der Waals surface area (Å²) in [5.74, 6) is 0.376. The van der Waals surface area contributed by atoms with Gasteiger partial charge in [0.2, 0.25) is 0 Å². The van der Waals surface area contributed by atoms with Crippen molar-refractivity contribution >= 4 is 28.8 Å². The molecule has 2 heterocycles. The van der Waals surface area contributed by atoms with Gasteiger partial charge in [-0.3, -0.25) is 4.79 Å². The first-order valence-electron chi connectivity index (χ1n) is 9.65. The van der Waals surface area contributed by atoms with Crippen molar-refractivity contribution in [1.82, 2.24) is 9.38 Å². The Hall–Kier alpha value is -3.31. The van der Waals surface area contributed by atoms with Gasteiger partial charge in [-0.15, -0.1) is 0 Å². The second-order valence-electron chi connectivity index (χ2n) is 7.30. The number of halogens is 1. The number of benzene rings is 2. The van der Waals surface area contributed by atoms with Gasteiger partial charge in [-0.25, -0.2) is 4.98 Å². The highest BCUT2D eigenvalue weighted by Crippen LogP contribution is 2.28. The van der Waals surface area contributed by atoms with Crippen molar-refractivity contribution in [2.45, 2.75) is 20.8 Å². The molecule has 0 atom stereocenters. The number of carbonyl (C=O) groups is 1. The number of imidazole rings is 1. The molecule has 4 aromatic rings. The fourth-order valence-corrected chi connectivity index (χ4v) is 3.53. The van der Waals surface area contributed by atoms with Crippen LogP contribution in [0.4, 0.5) is 5.69 Å². The van der Waals surface area contributed by atoms with Gasteiger partial charge < -0.3 is 14.5 Å². The molecule has 0 unspecified atom stereocenters. The Kier molecular flexibility index (Phi) is 5.46. The minimum Gasteiger partial charge on any atom is -0.484 e. The maximum absolute atomic E-state index is 12.5. The van der Waals surface area contributed by atoms with E-state index in [1.165, 1.54) is 0 Å². The average Bonchev–Trinajstić information content (AvgIpc) is 3.16. The highest BCUT2D eigenvalue weighted by Gasteiger charge is 2.13. The van der Waals surface area contributed by atoms with E-state index in [1.807, 2.05) is 86.1 Å². The molecule has 1 amide bonds. The smallest absolute Gasteiger partial charge is 0.262 e. The molecule has 0 aliphatic heterocycles. The number of anilines is 1. The van der Waals surface area contributed by atoms with Crippen LogP contribution in [0, 0.1) is 20.8 Å². The molecular formula is C24H22ClN3O2. The highest BCUT2D eigenvalue weighted by atomic mass is 35.5. The summed E-state index contributed by atoms with van der Waals surface area (Å²) < 4.78 is 7.66. The number of nitrogens with one attached hydrogen (secondary N) is 1. The fraction of sp³-hybridized carbons (Fsp3) is 0.167. The second kappa shape index (κ2) is 8.20. The van der Waals surface area contributed by atoms with Crippen LogP contribution in [-0.2, 0) is 4.79 Å². The number of aromatic nitrogens is 2. The third-order valence-electron chi connectivity index (χ3n) is 4.93. The van der Waals surface area contributed by atoms with Crippen molar-refractivity contribution in [1.29, 1.82) is 0 Å². The van der Waals surface area contributed by atoms with Gasteiger partial charge in [-0.1, -0.05) is 35.9 Å². The highest BCUT2D eigenvalue weighted by molar-refractivity contribution is 6.32. The molecule has 0 aliphatic rings. The fourth-order valence-electron chi connectivity index (χ4n) is 3.42. The molecule has 0 aliphatic carbocycles. The second-order valence-corrected chi connectivity index (χ2v) is 7.68. The van der Waals surface area contributed by atoms with Gasteiger partial charge in [-0.05, 0) is 61.7 Å². The number of rotatable bonds is 5. The molecule has 6 heteroatoms. The average molecular weight is 420 g/mol. The Morgan fingerprint density at radius 1 is 1.07 bits per heavy atom. The predicted molar refractivity (Wildman–Crippen MR) is 120 cm³/mol. The molecule has 0 radical (unpaired) electrons. The van der Waals surface area contributed by atoms with E-state index in [2.05, 4.69) is 5.32 Å². The number of ether oxygens (including phenoxy) is 1. The maximum Gasteiger partial charge on any atom is 0.262 e. The van der Waals surface area contributed by atoms with E-state index in [0.717, 1.165) is 33.6 Å². The molecule has 5 nitrogen and oxygen atoms in total. The molecule has 0 spiro atoms. The maximum atomic E-state index is 12.5. The number of pyridine rings is 1. The van der Waals surface area contributed by atoms with E-state index in [0.29, 0.717) is 16.5 Å². The van der Waals surface area contributed by atoms with Gasteiger partial charge in [0.25, 0.3) is 5.91 Å². The number of fused-ring (bicyclic) bond motifs is 1. The number of aryl methyl sites for hydroxylation is 3. The topological polar surface area (TPSA) is 55.6 Å². The first kappa shape index (κ1) is 20.0. The molecule has 0 fully saturated rings. The van der Waals surface area contributed by atoms with Crippen LogP contribution in [0.15, 0.2) is 60.9 Å². The summed E-state index contributed by atoms with van der Waals surface area (Å²) in [7, 11) is 0. The van der Waals surface area contributed by atoms with E-state index in [9.17, 15) is 4.79 Å². The first-order valence-corrected chi connectivity index (χ1v) is 10.0. The van der Waals surface area contributed by atoms with Crippen molar-refractivity contribution < 1.29 is 9.53 Å². The minimum atomic E-state index is -0.243. The zero-order valence-electron chi connectivity index (χ0n) is 17.1. The van der Waals surface area contributed by atoms with Gasteiger partial charge in [0.05, 0.1) is 11.4 Å². The Morgan fingerprint density at radius 2 is 1.80 bits per heavy atom. The minimum absolute atomic E-state index is 0.0981. The normalized spacial score (nSPS) is 10.9. The van der Waals surface area contributed by atoms with Crippen LogP contribution in [0.1, 0.15) is 16.7 Å². The largest absolute Gasteiger partial charge is 0.484 e. The van der Waals surface area contributed by atoms with Crippen molar-refractivity contribution in [3.63, 3.8) is 0 Å². The number of carbonyl (C=O) groups excluding carboxylic acids is 1. The molecule has 2 aromatic heterocycles. The summed E-state index contributed by atoms with van der Waals surface area (Å²) in [6.07, 6.45) is 3.92. The molecule has 2 aromatic carbocycles. The van der Waals surface area contributed by atoms with Crippen LogP contribution in [0.2, 0.25) is 5.02 Å². The molecule has 0 saturated heterocycles. The monoisotopic (exact) mass is 419 g/mol. The van der Waals surface area contributed by atoms with Gasteiger partial charge in [0.15, 0.2) is 6.61 Å². The van der Waals surface area contributed by atoms with E-state index in [4.69, 9.17) is 21.3 Å². The Bertz CT molecular complexity index is 1220. The standard InChI is InChI=1S/C24H22ClN3O2/c1-15-7-6-10-28-13-21(27-24(15)28)19-8-4-5-9-20(19)26-22(29)14-30-18-11-16(2)23(25)17(3)12-18/h4-13H,14H2,1-3H3,(H,26,29). The zero-order valence-corrected chi connectivity index (χ0v) is 17.8. The Labute approximate surface area is 180 Å². The number of hydrogen-bond donors (Lipinski definition) is 1. The summed E-state index contributed by atoms with van der Waals surface area (Å²) in [5.41, 5.74) is 6.16. The van der Waals surface area contributed by atoms with Crippen LogP contribution < -0.4 is 10.1 Å². The summed E-state index contributed by atoms with van der Waals surface area (Å²) in [6.45, 7) is 5.75. The lowest BCUT2D eigenvalue weighted by Crippen LogP contribution is -2.20. The summed E-state index contributed by atoms with van der Waals surface area (Å²) in [5, 5.41) is 3.65. The SMILES string of the molecule is Cc1cc(OCC(=O)Nc2ccccc2-c2cn3cccc(C)c3n2)cc(C)c1Cl. The summed E-state index contributed by atoms with van der Waals surface area (Å²) in [6, 6.07) is 15.3. The van der Waals surface area contributed by atoms with Gasteiger partial charge in [0, 0.05) is 23.0 Å². The van der Waals surface area contributed by atoms with Crippen LogP contribution in [0.5, 0.6) is 5.75 Å². The lowest BCUT2D eigenvalue weighted by molar-refractivity contribution is -0.118. The summed E-state index contributed by atoms with van der Waals surface area (Å²) >= 11 is 6.19. The molecule has 0 saturated carbocycles. The van der Waals surface area contributed by atoms with Crippen LogP contribution in [-0.4, -0.2) is 21.9 Å². The third-order valence-corrected chi connectivity index (χ3v) is 5.53. The molecule has 0 bridgehead atoms. The lowest BCUT2D eigenvalue weighted by Gasteiger charge is -2.12. The first-order chi connectivity index (χ1) is 14.4.